The molecule has 0 bridgehead atoms. The molecule has 5 rings (SSSR count). The van der Waals surface area contributed by atoms with Gasteiger partial charge in [0.15, 0.2) is 11.5 Å². The predicted molar refractivity (Wildman–Crippen MR) is 129 cm³/mol. The van der Waals surface area contributed by atoms with Crippen molar-refractivity contribution in [3.63, 3.8) is 0 Å². The van der Waals surface area contributed by atoms with E-state index >= 15 is 0 Å². The van der Waals surface area contributed by atoms with Gasteiger partial charge in [0.25, 0.3) is 11.5 Å². The van der Waals surface area contributed by atoms with Crippen LogP contribution in [0.3, 0.4) is 0 Å². The normalized spacial score (nSPS) is 12.5. The van der Waals surface area contributed by atoms with Crippen molar-refractivity contribution in [2.24, 2.45) is 0 Å². The number of carbonyl (C=O) groups excluding carboxylic acids is 2. The fraction of sp³-hybridized carbons (Fsp3) is 0.167. The van der Waals surface area contributed by atoms with E-state index < -0.39 is 35.7 Å². The van der Waals surface area contributed by atoms with E-state index in [9.17, 15) is 27.6 Å². The molecule has 3 heterocycles. The van der Waals surface area contributed by atoms with Gasteiger partial charge in [-0.25, -0.2) is 4.98 Å². The number of fused-ring (bicyclic) bond motifs is 2. The van der Waals surface area contributed by atoms with Crippen LogP contribution in [0.1, 0.15) is 20.8 Å². The maximum absolute atomic E-state index is 13.1. The molecular formula is C24H17F3N4O5S. The minimum absolute atomic E-state index is 0.0592. The standard InChI is InChI=1S/C24H17F3N4O5S/c1-12-19-22(37-20(12)21(33)30-15-5-6-16-17(8-15)36-11-35-16)28-10-31(23(19)34)9-18(32)29-14-4-2-3-13(7-14)24(25,26)27/h2-8,10H,9,11H2,1H3,(H,29,32)(H,30,33). The van der Waals surface area contributed by atoms with Gasteiger partial charge in [0.05, 0.1) is 22.2 Å². The summed E-state index contributed by atoms with van der Waals surface area (Å²) >= 11 is 1.03. The Morgan fingerprint density at radius 2 is 1.84 bits per heavy atom. The molecule has 0 saturated heterocycles. The Hall–Kier alpha value is -4.39. The second-order valence-electron chi connectivity index (χ2n) is 8.06. The molecule has 4 aromatic rings. The van der Waals surface area contributed by atoms with E-state index in [0.717, 1.165) is 34.4 Å². The fourth-order valence-corrected chi connectivity index (χ4v) is 4.81. The highest BCUT2D eigenvalue weighted by atomic mass is 32.1. The molecule has 13 heteroatoms. The van der Waals surface area contributed by atoms with Gasteiger partial charge in [-0.2, -0.15) is 13.2 Å². The number of rotatable bonds is 5. The summed E-state index contributed by atoms with van der Waals surface area (Å²) in [6.07, 6.45) is -3.40. The number of aryl methyl sites for hydroxylation is 1. The Balaban J connectivity index is 1.35. The molecule has 9 nitrogen and oxygen atoms in total. The number of hydrogen-bond donors (Lipinski definition) is 2. The van der Waals surface area contributed by atoms with Crippen molar-refractivity contribution in [1.82, 2.24) is 9.55 Å². The first-order valence-electron chi connectivity index (χ1n) is 10.8. The summed E-state index contributed by atoms with van der Waals surface area (Å²) in [5, 5.41) is 5.28. The fourth-order valence-electron chi connectivity index (χ4n) is 3.78. The number of amides is 2. The van der Waals surface area contributed by atoms with Crippen LogP contribution in [0.2, 0.25) is 0 Å². The van der Waals surface area contributed by atoms with Crippen molar-refractivity contribution < 1.29 is 32.2 Å². The number of thiophene rings is 1. The van der Waals surface area contributed by atoms with Crippen LogP contribution in [-0.4, -0.2) is 28.2 Å². The lowest BCUT2D eigenvalue weighted by atomic mass is 10.2. The molecule has 2 aromatic carbocycles. The third kappa shape index (κ3) is 4.85. The second kappa shape index (κ2) is 9.24. The molecule has 2 aromatic heterocycles. The zero-order valence-electron chi connectivity index (χ0n) is 19.0. The number of benzene rings is 2. The van der Waals surface area contributed by atoms with Gasteiger partial charge in [-0.15, -0.1) is 11.3 Å². The van der Waals surface area contributed by atoms with Crippen molar-refractivity contribution in [1.29, 1.82) is 0 Å². The summed E-state index contributed by atoms with van der Waals surface area (Å²) in [6, 6.07) is 9.11. The maximum Gasteiger partial charge on any atom is 0.416 e. The number of halogens is 3. The Morgan fingerprint density at radius 1 is 1.08 bits per heavy atom. The second-order valence-corrected chi connectivity index (χ2v) is 9.06. The maximum atomic E-state index is 13.1. The first-order chi connectivity index (χ1) is 17.6. The van der Waals surface area contributed by atoms with Crippen LogP contribution in [0.4, 0.5) is 24.5 Å². The largest absolute Gasteiger partial charge is 0.454 e. The highest BCUT2D eigenvalue weighted by Crippen LogP contribution is 2.35. The SMILES string of the molecule is Cc1c(C(=O)Nc2ccc3c(c2)OCO3)sc2ncn(CC(=O)Nc3cccc(C(F)(F)F)c3)c(=O)c12. The van der Waals surface area contributed by atoms with Gasteiger partial charge in [-0.05, 0) is 42.8 Å². The Bertz CT molecular complexity index is 1610. The van der Waals surface area contributed by atoms with Crippen molar-refractivity contribution in [2.75, 3.05) is 17.4 Å². The Labute approximate surface area is 210 Å². The number of nitrogens with zero attached hydrogens (tertiary/aromatic N) is 2. The van der Waals surface area contributed by atoms with E-state index in [1.807, 2.05) is 0 Å². The number of carbonyl (C=O) groups is 2. The summed E-state index contributed by atoms with van der Waals surface area (Å²) < 4.78 is 50.4. The highest BCUT2D eigenvalue weighted by Gasteiger charge is 2.30. The summed E-state index contributed by atoms with van der Waals surface area (Å²) in [6.45, 7) is 1.22. The van der Waals surface area contributed by atoms with E-state index in [-0.39, 0.29) is 22.7 Å². The number of anilines is 2. The molecule has 0 unspecified atom stereocenters. The van der Waals surface area contributed by atoms with E-state index in [4.69, 9.17) is 9.47 Å². The lowest BCUT2D eigenvalue weighted by Gasteiger charge is -2.10. The van der Waals surface area contributed by atoms with E-state index in [2.05, 4.69) is 15.6 Å². The molecule has 1 aliphatic rings. The van der Waals surface area contributed by atoms with Gasteiger partial charge < -0.3 is 20.1 Å². The van der Waals surface area contributed by atoms with Crippen LogP contribution < -0.4 is 25.7 Å². The zero-order valence-corrected chi connectivity index (χ0v) is 19.8. The number of hydrogen-bond acceptors (Lipinski definition) is 7. The minimum atomic E-state index is -4.56. The van der Waals surface area contributed by atoms with Crippen LogP contribution in [0.5, 0.6) is 11.5 Å². The van der Waals surface area contributed by atoms with E-state index in [1.54, 1.807) is 25.1 Å². The lowest BCUT2D eigenvalue weighted by Crippen LogP contribution is -2.28. The summed E-state index contributed by atoms with van der Waals surface area (Å²) in [5.41, 5.74) is -0.659. The van der Waals surface area contributed by atoms with Gasteiger partial charge >= 0.3 is 6.18 Å². The lowest BCUT2D eigenvalue weighted by molar-refractivity contribution is -0.137. The summed E-state index contributed by atoms with van der Waals surface area (Å²) in [5.74, 6) is -0.0967. The molecule has 1 aliphatic heterocycles. The molecule has 0 spiro atoms. The molecular weight excluding hydrogens is 513 g/mol. The van der Waals surface area contributed by atoms with E-state index in [1.165, 1.54) is 12.1 Å². The minimum Gasteiger partial charge on any atom is -0.454 e. The molecule has 190 valence electrons. The van der Waals surface area contributed by atoms with Crippen LogP contribution in [0.15, 0.2) is 53.6 Å². The highest BCUT2D eigenvalue weighted by molar-refractivity contribution is 7.20. The third-order valence-electron chi connectivity index (χ3n) is 5.54. The van der Waals surface area contributed by atoms with E-state index in [0.29, 0.717) is 27.6 Å². The van der Waals surface area contributed by atoms with Crippen LogP contribution in [0, 0.1) is 6.92 Å². The third-order valence-corrected chi connectivity index (χ3v) is 6.74. The average molecular weight is 530 g/mol. The number of ether oxygens (including phenoxy) is 2. The summed E-state index contributed by atoms with van der Waals surface area (Å²) in [7, 11) is 0. The van der Waals surface area contributed by atoms with Gasteiger partial charge in [0.2, 0.25) is 12.7 Å². The van der Waals surface area contributed by atoms with Crippen LogP contribution >= 0.6 is 11.3 Å². The zero-order chi connectivity index (χ0) is 26.3. The van der Waals surface area contributed by atoms with Gasteiger partial charge in [-0.1, -0.05) is 6.07 Å². The predicted octanol–water partition coefficient (Wildman–Crippen LogP) is 4.40. The number of aromatic nitrogens is 2. The molecule has 0 saturated carbocycles. The van der Waals surface area contributed by atoms with Gasteiger partial charge in [-0.3, -0.25) is 19.0 Å². The van der Waals surface area contributed by atoms with Crippen molar-refractivity contribution in [3.05, 3.63) is 75.1 Å². The van der Waals surface area contributed by atoms with Gasteiger partial charge in [0.1, 0.15) is 11.4 Å². The van der Waals surface area contributed by atoms with Crippen molar-refractivity contribution in [3.8, 4) is 11.5 Å². The van der Waals surface area contributed by atoms with Crippen LogP contribution in [-0.2, 0) is 17.5 Å². The Morgan fingerprint density at radius 3 is 2.62 bits per heavy atom. The molecule has 0 radical (unpaired) electrons. The molecule has 37 heavy (non-hydrogen) atoms. The first kappa shape index (κ1) is 24.3. The summed E-state index contributed by atoms with van der Waals surface area (Å²) in [4.78, 5) is 43.2. The molecule has 0 fully saturated rings. The monoisotopic (exact) mass is 530 g/mol. The molecule has 0 atom stereocenters. The number of alkyl halides is 3. The van der Waals surface area contributed by atoms with Crippen LogP contribution in [0.25, 0.3) is 10.2 Å². The molecule has 2 amide bonds. The topological polar surface area (TPSA) is 112 Å². The smallest absolute Gasteiger partial charge is 0.416 e. The van der Waals surface area contributed by atoms with Gasteiger partial charge in [0, 0.05) is 17.4 Å². The number of nitrogens with one attached hydrogen (secondary N) is 2. The first-order valence-corrected chi connectivity index (χ1v) is 11.6. The Kier molecular flexibility index (Phi) is 6.07. The quantitative estimate of drug-likeness (QED) is 0.396. The molecule has 2 N–H and O–H groups in total. The average Bonchev–Trinajstić information content (AvgIpc) is 3.44. The van der Waals surface area contributed by atoms with Crippen molar-refractivity contribution >= 4 is 44.7 Å². The van der Waals surface area contributed by atoms with Crippen molar-refractivity contribution in [2.45, 2.75) is 19.6 Å². The molecule has 0 aliphatic carbocycles.